The lowest BCUT2D eigenvalue weighted by atomic mass is 10.2. The van der Waals surface area contributed by atoms with Crippen molar-refractivity contribution in [1.29, 1.82) is 0 Å². The first-order chi connectivity index (χ1) is 6.61. The van der Waals surface area contributed by atoms with Crippen LogP contribution in [0.3, 0.4) is 0 Å². The van der Waals surface area contributed by atoms with E-state index >= 15 is 0 Å². The minimum Gasteiger partial charge on any atom is -0.216 e. The van der Waals surface area contributed by atoms with Crippen molar-refractivity contribution in [3.05, 3.63) is 0 Å². The molecule has 0 rings (SSSR count). The fraction of sp³-hybridized carbons (Fsp3) is 1.00. The number of hydrogen-bond donors (Lipinski definition) is 1. The van der Waals surface area contributed by atoms with Crippen molar-refractivity contribution >= 4 is 10.2 Å². The van der Waals surface area contributed by atoms with Crippen LogP contribution in [0.1, 0.15) is 26.7 Å². The Labute approximate surface area is 87.4 Å². The van der Waals surface area contributed by atoms with Crippen LogP contribution in [0.25, 0.3) is 0 Å². The third kappa shape index (κ3) is 5.33. The molecule has 0 atom stereocenters. The molecule has 0 radical (unpaired) electrons. The van der Waals surface area contributed by atoms with Gasteiger partial charge in [-0.05, 0) is 12.8 Å². The van der Waals surface area contributed by atoms with E-state index in [0.29, 0.717) is 17.1 Å². The normalized spacial score (nSPS) is 13.9. The number of nitrogens with two attached hydrogens (primary N) is 1. The first kappa shape index (κ1) is 14.7. The van der Waals surface area contributed by atoms with E-state index in [1.165, 1.54) is 0 Å². The van der Waals surface area contributed by atoms with Crippen LogP contribution in [-0.4, -0.2) is 31.5 Å². The molecular formula is C7H15F3N2O2S. The summed E-state index contributed by atoms with van der Waals surface area (Å²) >= 11 is 0. The van der Waals surface area contributed by atoms with Crippen molar-refractivity contribution < 1.29 is 21.6 Å². The van der Waals surface area contributed by atoms with Crippen LogP contribution in [-0.2, 0) is 10.2 Å². The molecule has 0 aliphatic carbocycles. The summed E-state index contributed by atoms with van der Waals surface area (Å²) in [5.41, 5.74) is 0. The molecule has 0 amide bonds. The number of hydrogen-bond acceptors (Lipinski definition) is 2. The van der Waals surface area contributed by atoms with Crippen molar-refractivity contribution in [3.63, 3.8) is 0 Å². The molecular weight excluding hydrogens is 233 g/mol. The Morgan fingerprint density at radius 1 is 1.27 bits per heavy atom. The Bertz CT molecular complexity index is 285. The highest BCUT2D eigenvalue weighted by atomic mass is 32.2. The lowest BCUT2D eigenvalue weighted by Crippen LogP contribution is -2.48. The summed E-state index contributed by atoms with van der Waals surface area (Å²) in [4.78, 5) is 0. The van der Waals surface area contributed by atoms with Crippen molar-refractivity contribution in [2.24, 2.45) is 5.14 Å². The van der Waals surface area contributed by atoms with Gasteiger partial charge < -0.3 is 0 Å². The molecule has 0 saturated carbocycles. The van der Waals surface area contributed by atoms with Gasteiger partial charge in [0.15, 0.2) is 0 Å². The summed E-state index contributed by atoms with van der Waals surface area (Å²) in [6.07, 6.45) is -3.99. The molecule has 0 aromatic heterocycles. The third-order valence-electron chi connectivity index (χ3n) is 2.01. The molecule has 4 nitrogen and oxygen atoms in total. The topological polar surface area (TPSA) is 63.4 Å². The van der Waals surface area contributed by atoms with Gasteiger partial charge in [-0.15, -0.1) is 0 Å². The molecule has 0 aromatic carbocycles. The molecule has 0 unspecified atom stereocenters. The lowest BCUT2D eigenvalue weighted by Gasteiger charge is -2.28. The van der Waals surface area contributed by atoms with Crippen LogP contribution in [0, 0.1) is 0 Å². The van der Waals surface area contributed by atoms with Gasteiger partial charge in [-0.1, -0.05) is 13.8 Å². The molecule has 0 spiro atoms. The van der Waals surface area contributed by atoms with Gasteiger partial charge in [0, 0.05) is 6.04 Å². The Balaban J connectivity index is 4.91. The maximum absolute atomic E-state index is 12.1. The van der Waals surface area contributed by atoms with E-state index < -0.39 is 29.0 Å². The molecule has 0 saturated heterocycles. The molecule has 0 heterocycles. The van der Waals surface area contributed by atoms with Crippen LogP contribution in [0.15, 0.2) is 0 Å². The molecule has 0 aliphatic rings. The second kappa shape index (κ2) is 5.13. The van der Waals surface area contributed by atoms with E-state index in [-0.39, 0.29) is 0 Å². The SMILES string of the molecule is CCC(CC)N(CC(F)(F)F)S(N)(=O)=O. The predicted octanol–water partition coefficient (Wildman–Crippen LogP) is 1.24. The summed E-state index contributed by atoms with van der Waals surface area (Å²) in [7, 11) is -4.31. The van der Waals surface area contributed by atoms with Gasteiger partial charge >= 0.3 is 6.18 Å². The van der Waals surface area contributed by atoms with Gasteiger partial charge in [0.05, 0.1) is 0 Å². The Morgan fingerprint density at radius 2 is 1.67 bits per heavy atom. The van der Waals surface area contributed by atoms with Crippen LogP contribution in [0.2, 0.25) is 0 Å². The smallest absolute Gasteiger partial charge is 0.216 e. The maximum atomic E-state index is 12.1. The van der Waals surface area contributed by atoms with Gasteiger partial charge in [-0.3, -0.25) is 0 Å². The second-order valence-corrected chi connectivity index (χ2v) is 4.67. The zero-order valence-electron chi connectivity index (χ0n) is 8.58. The fourth-order valence-corrected chi connectivity index (χ4v) is 2.34. The molecule has 15 heavy (non-hydrogen) atoms. The molecule has 0 fully saturated rings. The highest BCUT2D eigenvalue weighted by molar-refractivity contribution is 7.86. The van der Waals surface area contributed by atoms with Crippen LogP contribution in [0.5, 0.6) is 0 Å². The predicted molar refractivity (Wildman–Crippen MR) is 50.2 cm³/mol. The van der Waals surface area contributed by atoms with Gasteiger partial charge in [0.1, 0.15) is 6.54 Å². The van der Waals surface area contributed by atoms with E-state index in [2.05, 4.69) is 0 Å². The number of rotatable bonds is 5. The fourth-order valence-electron chi connectivity index (χ4n) is 1.30. The first-order valence-electron chi connectivity index (χ1n) is 4.48. The van der Waals surface area contributed by atoms with Crippen molar-refractivity contribution in [3.8, 4) is 0 Å². The number of nitrogens with zero attached hydrogens (tertiary/aromatic N) is 1. The quantitative estimate of drug-likeness (QED) is 0.795. The van der Waals surface area contributed by atoms with Crippen molar-refractivity contribution in [1.82, 2.24) is 4.31 Å². The molecule has 8 heteroatoms. The van der Waals surface area contributed by atoms with E-state index in [4.69, 9.17) is 5.14 Å². The average molecular weight is 248 g/mol. The minimum absolute atomic E-state index is 0.295. The van der Waals surface area contributed by atoms with Gasteiger partial charge in [-0.2, -0.15) is 25.9 Å². The summed E-state index contributed by atoms with van der Waals surface area (Å²) in [6, 6.07) is -0.707. The molecule has 0 aromatic rings. The number of alkyl halides is 3. The van der Waals surface area contributed by atoms with E-state index in [1.807, 2.05) is 0 Å². The Kier molecular flexibility index (Phi) is 5.01. The zero-order valence-corrected chi connectivity index (χ0v) is 9.40. The van der Waals surface area contributed by atoms with Gasteiger partial charge in [0.2, 0.25) is 0 Å². The molecule has 0 bridgehead atoms. The highest BCUT2D eigenvalue weighted by Crippen LogP contribution is 2.21. The summed E-state index contributed by atoms with van der Waals surface area (Å²) in [5, 5.41) is 4.74. The summed E-state index contributed by atoms with van der Waals surface area (Å²) < 4.78 is 58.6. The third-order valence-corrected chi connectivity index (χ3v) is 3.09. The first-order valence-corrected chi connectivity index (χ1v) is 5.98. The molecule has 92 valence electrons. The van der Waals surface area contributed by atoms with Crippen molar-refractivity contribution in [2.45, 2.75) is 38.9 Å². The Hall–Kier alpha value is -0.340. The standard InChI is InChI=1S/C7H15F3N2O2S/c1-3-6(4-2)12(15(11,13)14)5-7(8,9)10/h6H,3-5H2,1-2H3,(H2,11,13,14). The number of halogens is 3. The minimum atomic E-state index is -4.57. The van der Waals surface area contributed by atoms with E-state index in [9.17, 15) is 21.6 Å². The average Bonchev–Trinajstić information content (AvgIpc) is 2.01. The zero-order chi connectivity index (χ0) is 12.3. The second-order valence-electron chi connectivity index (χ2n) is 3.18. The lowest BCUT2D eigenvalue weighted by molar-refractivity contribution is -0.139. The van der Waals surface area contributed by atoms with Crippen LogP contribution in [0.4, 0.5) is 13.2 Å². The largest absolute Gasteiger partial charge is 0.402 e. The molecule has 0 aliphatic heterocycles. The Morgan fingerprint density at radius 3 is 1.87 bits per heavy atom. The summed E-state index contributed by atoms with van der Waals surface area (Å²) in [5.74, 6) is 0. The van der Waals surface area contributed by atoms with E-state index in [0.717, 1.165) is 0 Å². The highest BCUT2D eigenvalue weighted by Gasteiger charge is 2.37. The van der Waals surface area contributed by atoms with Crippen LogP contribution >= 0.6 is 0 Å². The monoisotopic (exact) mass is 248 g/mol. The van der Waals surface area contributed by atoms with E-state index in [1.54, 1.807) is 13.8 Å². The molecule has 2 N–H and O–H groups in total. The maximum Gasteiger partial charge on any atom is 0.402 e. The van der Waals surface area contributed by atoms with Gasteiger partial charge in [0.25, 0.3) is 10.2 Å². The van der Waals surface area contributed by atoms with Gasteiger partial charge in [-0.25, -0.2) is 5.14 Å². The summed E-state index contributed by atoms with van der Waals surface area (Å²) in [6.45, 7) is 1.70. The van der Waals surface area contributed by atoms with Crippen LogP contribution < -0.4 is 5.14 Å². The van der Waals surface area contributed by atoms with Crippen molar-refractivity contribution in [2.75, 3.05) is 6.54 Å².